The Morgan fingerprint density at radius 3 is 1.98 bits per heavy atom. The zero-order chi connectivity index (χ0) is 28.6. The van der Waals surface area contributed by atoms with Gasteiger partial charge in [-0.25, -0.2) is 9.18 Å². The first-order valence-electron chi connectivity index (χ1n) is 14.7. The van der Waals surface area contributed by atoms with Gasteiger partial charge in [0.1, 0.15) is 0 Å². The van der Waals surface area contributed by atoms with Crippen LogP contribution in [0.1, 0.15) is 94.8 Å². The maximum absolute atomic E-state index is 15.5. The zero-order valence-electron chi connectivity index (χ0n) is 23.9. The number of unbranched alkanes of at least 4 members (excludes halogenated alkanes) is 9. The maximum Gasteiger partial charge on any atom is 0.373 e. The van der Waals surface area contributed by atoms with Crippen molar-refractivity contribution >= 4 is 5.97 Å². The van der Waals surface area contributed by atoms with E-state index in [1.807, 2.05) is 30.3 Å². The van der Waals surface area contributed by atoms with E-state index in [-0.39, 0.29) is 16.9 Å². The van der Waals surface area contributed by atoms with E-state index in [4.69, 9.17) is 14.5 Å². The molecule has 0 aliphatic heterocycles. The van der Waals surface area contributed by atoms with Gasteiger partial charge < -0.3 is 4.74 Å². The first kappa shape index (κ1) is 31.3. The average Bonchev–Trinajstić information content (AvgIpc) is 2.98. The Hall–Kier alpha value is -3.25. The predicted molar refractivity (Wildman–Crippen MR) is 156 cm³/mol. The van der Waals surface area contributed by atoms with E-state index >= 15 is 8.78 Å². The monoisotopic (exact) mass is 552 g/mol. The summed E-state index contributed by atoms with van der Waals surface area (Å²) in [7, 11) is 0. The normalized spacial score (nSPS) is 11.0. The van der Waals surface area contributed by atoms with Crippen LogP contribution in [0.2, 0.25) is 0 Å². The Kier molecular flexibility index (Phi) is 13.6. The Bertz CT molecular complexity index is 1180. The minimum atomic E-state index is -1.04. The largest absolute Gasteiger partial charge is 0.490 e. The molecule has 0 saturated heterocycles. The molecule has 216 valence electrons. The molecule has 0 spiro atoms. The van der Waals surface area contributed by atoms with E-state index < -0.39 is 17.6 Å². The van der Waals surface area contributed by atoms with Gasteiger partial charge in [-0.3, -0.25) is 4.89 Å². The smallest absolute Gasteiger partial charge is 0.373 e. The second-order valence-electron chi connectivity index (χ2n) is 10.1. The fourth-order valence-electron chi connectivity index (χ4n) is 4.59. The number of hydrogen-bond acceptors (Lipinski definition) is 4. The molecule has 40 heavy (non-hydrogen) atoms. The fourth-order valence-corrected chi connectivity index (χ4v) is 4.59. The van der Waals surface area contributed by atoms with Gasteiger partial charge in [-0.2, -0.15) is 9.28 Å². The van der Waals surface area contributed by atoms with E-state index in [0.717, 1.165) is 56.9 Å². The average molecular weight is 553 g/mol. The van der Waals surface area contributed by atoms with Crippen LogP contribution in [0.25, 0.3) is 22.3 Å². The van der Waals surface area contributed by atoms with Crippen LogP contribution in [0.4, 0.5) is 8.78 Å². The lowest BCUT2D eigenvalue weighted by Crippen LogP contribution is -2.08. The summed E-state index contributed by atoms with van der Waals surface area (Å²) >= 11 is 0. The van der Waals surface area contributed by atoms with Gasteiger partial charge in [0.2, 0.25) is 5.82 Å². The highest BCUT2D eigenvalue weighted by Crippen LogP contribution is 2.37. The van der Waals surface area contributed by atoms with Crippen molar-refractivity contribution in [2.75, 3.05) is 13.2 Å². The maximum atomic E-state index is 15.5. The molecule has 0 saturated carbocycles. The molecule has 0 aliphatic rings. The molecule has 3 aromatic carbocycles. The molecular weight excluding hydrogens is 510 g/mol. The van der Waals surface area contributed by atoms with Gasteiger partial charge >= 0.3 is 5.97 Å². The summed E-state index contributed by atoms with van der Waals surface area (Å²) in [5.41, 5.74) is 2.07. The van der Waals surface area contributed by atoms with Crippen molar-refractivity contribution in [3.05, 3.63) is 77.9 Å². The van der Waals surface area contributed by atoms with E-state index in [1.54, 1.807) is 12.1 Å². The molecule has 0 N–H and O–H groups in total. The number of ether oxygens (including phenoxy) is 1. The third-order valence-corrected chi connectivity index (χ3v) is 6.90. The van der Waals surface area contributed by atoms with E-state index in [9.17, 15) is 4.79 Å². The zero-order valence-corrected chi connectivity index (χ0v) is 23.9. The van der Waals surface area contributed by atoms with Crippen LogP contribution in [0.5, 0.6) is 5.75 Å². The molecule has 3 rings (SSSR count). The van der Waals surface area contributed by atoms with Gasteiger partial charge in [0.15, 0.2) is 11.6 Å². The van der Waals surface area contributed by atoms with Crippen molar-refractivity contribution in [2.24, 2.45) is 0 Å². The van der Waals surface area contributed by atoms with Gasteiger partial charge in [0, 0.05) is 5.56 Å². The third-order valence-electron chi connectivity index (χ3n) is 6.90. The van der Waals surface area contributed by atoms with Gasteiger partial charge in [-0.1, -0.05) is 108 Å². The van der Waals surface area contributed by atoms with Crippen LogP contribution >= 0.6 is 0 Å². The van der Waals surface area contributed by atoms with Crippen LogP contribution in [-0.4, -0.2) is 19.2 Å². The molecule has 0 fully saturated rings. The number of hydrogen-bond donors (Lipinski definition) is 0. The van der Waals surface area contributed by atoms with Crippen LogP contribution in [0.15, 0.2) is 60.7 Å². The quantitative estimate of drug-likeness (QED) is 0.0895. The first-order chi connectivity index (χ1) is 19.6. The molecule has 3 aromatic rings. The van der Waals surface area contributed by atoms with Crippen LogP contribution in [-0.2, 0) is 9.78 Å². The molecule has 0 bridgehead atoms. The molecule has 0 aromatic heterocycles. The Balaban J connectivity index is 1.75. The first-order valence-corrected chi connectivity index (χ1v) is 14.7. The Labute approximate surface area is 237 Å². The second-order valence-corrected chi connectivity index (χ2v) is 10.1. The van der Waals surface area contributed by atoms with Crippen molar-refractivity contribution in [3.63, 3.8) is 0 Å². The number of benzene rings is 3. The molecule has 0 aliphatic carbocycles. The van der Waals surface area contributed by atoms with Crippen molar-refractivity contribution in [1.29, 1.82) is 0 Å². The topological polar surface area (TPSA) is 44.8 Å². The Morgan fingerprint density at radius 2 is 1.27 bits per heavy atom. The minimum absolute atomic E-state index is 0.0364. The van der Waals surface area contributed by atoms with Gasteiger partial charge in [0.05, 0.1) is 18.8 Å². The Morgan fingerprint density at radius 1 is 0.650 bits per heavy atom. The van der Waals surface area contributed by atoms with Crippen LogP contribution in [0, 0.1) is 11.6 Å². The molecule has 4 nitrogen and oxygen atoms in total. The number of rotatable bonds is 18. The van der Waals surface area contributed by atoms with E-state index in [2.05, 4.69) is 13.8 Å². The lowest BCUT2D eigenvalue weighted by Gasteiger charge is -2.15. The molecule has 6 heteroatoms. The van der Waals surface area contributed by atoms with Crippen molar-refractivity contribution in [1.82, 2.24) is 0 Å². The van der Waals surface area contributed by atoms with Gasteiger partial charge in [-0.05, 0) is 53.8 Å². The summed E-state index contributed by atoms with van der Waals surface area (Å²) in [5.74, 6) is -2.86. The molecule has 0 unspecified atom stereocenters. The van der Waals surface area contributed by atoms with Crippen molar-refractivity contribution < 1.29 is 28.1 Å². The lowest BCUT2D eigenvalue weighted by atomic mass is 9.92. The molecular formula is C34H42F2O4. The van der Waals surface area contributed by atoms with Crippen LogP contribution in [0.3, 0.4) is 0 Å². The van der Waals surface area contributed by atoms with Crippen LogP contribution < -0.4 is 4.74 Å². The second kappa shape index (κ2) is 17.4. The third kappa shape index (κ3) is 9.44. The van der Waals surface area contributed by atoms with E-state index in [0.29, 0.717) is 24.3 Å². The van der Waals surface area contributed by atoms with Crippen molar-refractivity contribution in [3.8, 4) is 28.0 Å². The summed E-state index contributed by atoms with van der Waals surface area (Å²) in [6.45, 7) is 4.95. The molecule has 0 radical (unpaired) electrons. The summed E-state index contributed by atoms with van der Waals surface area (Å²) in [4.78, 5) is 22.9. The van der Waals surface area contributed by atoms with Crippen molar-refractivity contribution in [2.45, 2.75) is 84.5 Å². The highest BCUT2D eigenvalue weighted by Gasteiger charge is 2.21. The fraction of sp³-hybridized carbons (Fsp3) is 0.441. The summed E-state index contributed by atoms with van der Waals surface area (Å²) in [5, 5.41) is 0. The molecule has 0 amide bonds. The minimum Gasteiger partial charge on any atom is -0.490 e. The number of halogens is 2. The highest BCUT2D eigenvalue weighted by molar-refractivity contribution is 5.94. The number of carbonyl (C=O) groups is 1. The van der Waals surface area contributed by atoms with Gasteiger partial charge in [0.25, 0.3) is 0 Å². The summed E-state index contributed by atoms with van der Waals surface area (Å²) in [6, 6.07) is 17.2. The van der Waals surface area contributed by atoms with E-state index in [1.165, 1.54) is 37.5 Å². The molecule has 0 atom stereocenters. The molecule has 0 heterocycles. The SMILES string of the molecule is CCCCCCCCOOC(=O)c1ccc(-c2ccccc2)c(-c2ccc(OCCCCCCC)c(F)c2F)c1. The number of carbonyl (C=O) groups excluding carboxylic acids is 1. The lowest BCUT2D eigenvalue weighted by molar-refractivity contribution is -0.241. The predicted octanol–water partition coefficient (Wildman–Crippen LogP) is 10.1. The summed E-state index contributed by atoms with van der Waals surface area (Å²) in [6.07, 6.45) is 11.7. The summed E-state index contributed by atoms with van der Waals surface area (Å²) < 4.78 is 36.1. The standard InChI is InChI=1S/C34H42F2O4/c1-3-5-7-9-11-16-24-39-40-34(37)27-19-20-28(26-17-13-12-14-18-26)30(25-27)29-21-22-31(33(36)32(29)35)38-23-15-10-8-6-4-2/h12-14,17-22,25H,3-11,15-16,23-24H2,1-2H3. The van der Waals surface area contributed by atoms with Gasteiger partial charge in [-0.15, -0.1) is 0 Å². The highest BCUT2D eigenvalue weighted by atomic mass is 19.2.